The minimum absolute atomic E-state index is 0.0693. The van der Waals surface area contributed by atoms with Crippen LogP contribution in [-0.2, 0) is 28.6 Å². The van der Waals surface area contributed by atoms with Crippen LogP contribution in [0, 0.1) is 0 Å². The lowest BCUT2D eigenvalue weighted by atomic mass is 10.0. The van der Waals surface area contributed by atoms with Crippen LogP contribution in [-0.4, -0.2) is 37.2 Å². The third-order valence-electron chi connectivity index (χ3n) is 16.7. The summed E-state index contributed by atoms with van der Waals surface area (Å²) < 4.78 is 17.0. The first-order chi connectivity index (χ1) is 39.5. The van der Waals surface area contributed by atoms with Crippen LogP contribution in [0.1, 0.15) is 412 Å². The van der Waals surface area contributed by atoms with Crippen molar-refractivity contribution in [2.75, 3.05) is 13.2 Å². The Hall–Kier alpha value is -2.11. The summed E-state index contributed by atoms with van der Waals surface area (Å²) in [6.07, 6.45) is 85.2. The van der Waals surface area contributed by atoms with Crippen LogP contribution in [0.25, 0.3) is 0 Å². The molecule has 0 aromatic heterocycles. The smallest absolute Gasteiger partial charge is 0.306 e. The van der Waals surface area contributed by atoms with Gasteiger partial charge in [-0.3, -0.25) is 14.4 Å². The van der Waals surface area contributed by atoms with Crippen LogP contribution < -0.4 is 0 Å². The van der Waals surface area contributed by atoms with Crippen molar-refractivity contribution < 1.29 is 28.6 Å². The summed E-state index contributed by atoms with van der Waals surface area (Å²) in [6, 6.07) is 0. The first kappa shape index (κ1) is 77.9. The maximum atomic E-state index is 12.9. The second kappa shape index (κ2) is 69.4. The number of esters is 3. The number of rotatable bonds is 68. The Bertz CT molecular complexity index is 1290. The Morgan fingerprint density at radius 1 is 0.250 bits per heavy atom. The van der Waals surface area contributed by atoms with Gasteiger partial charge < -0.3 is 14.2 Å². The Labute approximate surface area is 500 Å². The van der Waals surface area contributed by atoms with E-state index >= 15 is 0 Å². The molecule has 0 saturated carbocycles. The second-order valence-electron chi connectivity index (χ2n) is 24.9. The van der Waals surface area contributed by atoms with Crippen molar-refractivity contribution in [1.82, 2.24) is 0 Å². The molecule has 0 rings (SSSR count). The van der Waals surface area contributed by atoms with Gasteiger partial charge in [-0.2, -0.15) is 0 Å². The molecule has 0 radical (unpaired) electrons. The summed E-state index contributed by atoms with van der Waals surface area (Å²) in [5.41, 5.74) is 0. The van der Waals surface area contributed by atoms with Crippen LogP contribution in [0.3, 0.4) is 0 Å². The highest BCUT2D eigenvalue weighted by Gasteiger charge is 2.19. The van der Waals surface area contributed by atoms with E-state index in [9.17, 15) is 14.4 Å². The minimum Gasteiger partial charge on any atom is -0.462 e. The van der Waals surface area contributed by atoms with E-state index in [2.05, 4.69) is 45.1 Å². The quantitative estimate of drug-likeness (QED) is 0.0261. The van der Waals surface area contributed by atoms with Crippen molar-refractivity contribution in [2.24, 2.45) is 0 Å². The number of hydrogen-bond donors (Lipinski definition) is 0. The van der Waals surface area contributed by atoms with Gasteiger partial charge in [0.05, 0.1) is 0 Å². The maximum Gasteiger partial charge on any atom is 0.306 e. The first-order valence-corrected chi connectivity index (χ1v) is 36.3. The zero-order chi connectivity index (χ0) is 57.8. The average Bonchev–Trinajstić information content (AvgIpc) is 3.46. The summed E-state index contributed by atoms with van der Waals surface area (Å²) in [4.78, 5) is 38.4. The largest absolute Gasteiger partial charge is 0.462 e. The van der Waals surface area contributed by atoms with E-state index in [1.54, 1.807) is 0 Å². The molecule has 0 aromatic rings. The van der Waals surface area contributed by atoms with E-state index in [0.29, 0.717) is 19.3 Å². The molecule has 0 aromatic carbocycles. The third-order valence-corrected chi connectivity index (χ3v) is 16.7. The normalized spacial score (nSPS) is 12.1. The van der Waals surface area contributed by atoms with E-state index in [1.165, 1.54) is 289 Å². The van der Waals surface area contributed by atoms with E-state index in [-0.39, 0.29) is 31.1 Å². The number of ether oxygens (including phenoxy) is 3. The van der Waals surface area contributed by atoms with Crippen LogP contribution in [0.2, 0.25) is 0 Å². The fourth-order valence-electron chi connectivity index (χ4n) is 11.3. The van der Waals surface area contributed by atoms with Gasteiger partial charge in [0.2, 0.25) is 0 Å². The molecule has 0 fully saturated rings. The van der Waals surface area contributed by atoms with Gasteiger partial charge >= 0.3 is 17.9 Å². The molecule has 0 aliphatic carbocycles. The molecule has 0 aliphatic heterocycles. The molecular formula is C74H140O6. The van der Waals surface area contributed by atoms with E-state index in [1.807, 2.05) is 0 Å². The molecule has 0 amide bonds. The van der Waals surface area contributed by atoms with Gasteiger partial charge in [0.25, 0.3) is 0 Å². The minimum atomic E-state index is -0.774. The zero-order valence-corrected chi connectivity index (χ0v) is 54.4. The summed E-state index contributed by atoms with van der Waals surface area (Å²) in [5, 5.41) is 0. The van der Waals surface area contributed by atoms with Crippen molar-refractivity contribution in [2.45, 2.75) is 419 Å². The summed E-state index contributed by atoms with van der Waals surface area (Å²) in [5.74, 6) is -0.852. The highest BCUT2D eigenvalue weighted by Crippen LogP contribution is 2.19. The predicted octanol–water partition coefficient (Wildman–Crippen LogP) is 25.0. The van der Waals surface area contributed by atoms with E-state index in [4.69, 9.17) is 14.2 Å². The maximum absolute atomic E-state index is 12.9. The standard InChI is InChI=1S/C74H140O6/c1-4-7-10-13-16-19-22-25-27-29-31-32-33-34-35-36-37-38-39-40-41-43-44-46-49-52-55-58-61-64-67-73(76)79-70-71(69-78-72(75)66-63-60-57-54-51-48-24-21-18-15-12-9-6-3)80-74(77)68-65-62-59-56-53-50-47-45-42-30-28-26-23-20-17-14-11-8-5-2/h12,15,21,24,71H,4-11,13-14,16-20,22-23,25-70H2,1-3H3/b15-12-,24-21-. The van der Waals surface area contributed by atoms with E-state index < -0.39 is 6.10 Å². The molecule has 0 heterocycles. The molecule has 472 valence electrons. The number of hydrogen-bond acceptors (Lipinski definition) is 6. The monoisotopic (exact) mass is 1130 g/mol. The molecule has 0 spiro atoms. The van der Waals surface area contributed by atoms with Gasteiger partial charge in [-0.15, -0.1) is 0 Å². The van der Waals surface area contributed by atoms with E-state index in [0.717, 1.165) is 83.5 Å². The van der Waals surface area contributed by atoms with Crippen molar-refractivity contribution >= 4 is 17.9 Å². The SMILES string of the molecule is CCC/C=C\C/C=C\CCCCCCCC(=O)OCC(COC(=O)CCCCCCCCCCCCCCCCCCCCCCCCCCCCCCCC)OC(=O)CCCCCCCCCCCCCCCCCCCCC. The molecule has 0 bridgehead atoms. The highest BCUT2D eigenvalue weighted by atomic mass is 16.6. The van der Waals surface area contributed by atoms with Crippen LogP contribution in [0.4, 0.5) is 0 Å². The Morgan fingerprint density at radius 3 is 0.738 bits per heavy atom. The zero-order valence-electron chi connectivity index (χ0n) is 54.4. The molecule has 0 aliphatic rings. The predicted molar refractivity (Wildman–Crippen MR) is 349 cm³/mol. The number of unbranched alkanes of at least 4 members (excludes halogenated alkanes) is 53. The van der Waals surface area contributed by atoms with Gasteiger partial charge in [0, 0.05) is 19.3 Å². The molecule has 0 N–H and O–H groups in total. The second-order valence-corrected chi connectivity index (χ2v) is 24.9. The number of allylic oxidation sites excluding steroid dienone is 4. The van der Waals surface area contributed by atoms with Gasteiger partial charge in [-0.05, 0) is 44.9 Å². The lowest BCUT2D eigenvalue weighted by molar-refractivity contribution is -0.167. The Kier molecular flexibility index (Phi) is 67.6. The van der Waals surface area contributed by atoms with Crippen molar-refractivity contribution in [3.63, 3.8) is 0 Å². The van der Waals surface area contributed by atoms with Gasteiger partial charge in [-0.25, -0.2) is 0 Å². The highest BCUT2D eigenvalue weighted by molar-refractivity contribution is 5.71. The lowest BCUT2D eigenvalue weighted by Gasteiger charge is -2.18. The number of carbonyl (C=O) groups excluding carboxylic acids is 3. The van der Waals surface area contributed by atoms with Crippen LogP contribution in [0.5, 0.6) is 0 Å². The molecule has 1 unspecified atom stereocenters. The number of carbonyl (C=O) groups is 3. The average molecular weight is 1130 g/mol. The Balaban J connectivity index is 4.14. The molecule has 80 heavy (non-hydrogen) atoms. The first-order valence-electron chi connectivity index (χ1n) is 36.3. The summed E-state index contributed by atoms with van der Waals surface area (Å²) in [7, 11) is 0. The Morgan fingerprint density at radius 2 is 0.475 bits per heavy atom. The summed E-state index contributed by atoms with van der Waals surface area (Å²) >= 11 is 0. The fourth-order valence-corrected chi connectivity index (χ4v) is 11.3. The molecule has 6 nitrogen and oxygen atoms in total. The summed E-state index contributed by atoms with van der Waals surface area (Å²) in [6.45, 7) is 6.65. The molecule has 0 saturated heterocycles. The molecule has 1 atom stereocenters. The van der Waals surface area contributed by atoms with Gasteiger partial charge in [0.1, 0.15) is 13.2 Å². The topological polar surface area (TPSA) is 78.9 Å². The molecular weight excluding hydrogens is 985 g/mol. The lowest BCUT2D eigenvalue weighted by Crippen LogP contribution is -2.30. The van der Waals surface area contributed by atoms with Crippen molar-refractivity contribution in [3.05, 3.63) is 24.3 Å². The van der Waals surface area contributed by atoms with Crippen LogP contribution in [0.15, 0.2) is 24.3 Å². The molecule has 6 heteroatoms. The van der Waals surface area contributed by atoms with Gasteiger partial charge in [0.15, 0.2) is 6.10 Å². The van der Waals surface area contributed by atoms with Gasteiger partial charge in [-0.1, -0.05) is 373 Å². The van der Waals surface area contributed by atoms with Crippen LogP contribution >= 0.6 is 0 Å². The van der Waals surface area contributed by atoms with Crippen molar-refractivity contribution in [1.29, 1.82) is 0 Å². The fraction of sp³-hybridized carbons (Fsp3) is 0.905. The van der Waals surface area contributed by atoms with Crippen molar-refractivity contribution in [3.8, 4) is 0 Å². The third kappa shape index (κ3) is 66.7.